The molecule has 1 aliphatic rings. The van der Waals surface area contributed by atoms with E-state index in [0.29, 0.717) is 25.9 Å². The lowest BCUT2D eigenvalue weighted by molar-refractivity contribution is -0.129. The Morgan fingerprint density at radius 3 is 2.32 bits per heavy atom. The topological polar surface area (TPSA) is 67.4 Å². The summed E-state index contributed by atoms with van der Waals surface area (Å²) in [5, 5.41) is 5.75. The maximum absolute atomic E-state index is 11.6. The molecular formula is C14H26N2O3. The Balaban J connectivity index is 2.06. The predicted octanol–water partition coefficient (Wildman–Crippen LogP) is 1.08. The average Bonchev–Trinajstić information content (AvgIpc) is 2.28. The van der Waals surface area contributed by atoms with Crippen molar-refractivity contribution in [1.29, 1.82) is 0 Å². The van der Waals surface area contributed by atoms with Gasteiger partial charge >= 0.3 is 0 Å². The summed E-state index contributed by atoms with van der Waals surface area (Å²) < 4.78 is 5.13. The molecule has 1 heterocycles. The summed E-state index contributed by atoms with van der Waals surface area (Å²) in [6.07, 6.45) is 1.11. The Labute approximate surface area is 115 Å². The van der Waals surface area contributed by atoms with Crippen LogP contribution < -0.4 is 10.6 Å². The number of hydrogen-bond acceptors (Lipinski definition) is 3. The third kappa shape index (κ3) is 5.59. The third-order valence-electron chi connectivity index (χ3n) is 3.16. The van der Waals surface area contributed by atoms with Crippen molar-refractivity contribution in [2.75, 3.05) is 26.3 Å². The minimum atomic E-state index is -0.374. The highest BCUT2D eigenvalue weighted by Crippen LogP contribution is 2.25. The van der Waals surface area contributed by atoms with Gasteiger partial charge in [0.1, 0.15) is 0 Å². The molecule has 1 rings (SSSR count). The van der Waals surface area contributed by atoms with Crippen molar-refractivity contribution < 1.29 is 14.3 Å². The second-order valence-electron chi connectivity index (χ2n) is 6.69. The van der Waals surface area contributed by atoms with Crippen LogP contribution in [-0.4, -0.2) is 38.1 Å². The van der Waals surface area contributed by atoms with Crippen LogP contribution in [0.2, 0.25) is 0 Å². The zero-order chi connectivity index (χ0) is 14.5. The first kappa shape index (κ1) is 16.0. The largest absolute Gasteiger partial charge is 0.380 e. The molecular weight excluding hydrogens is 244 g/mol. The summed E-state index contributed by atoms with van der Waals surface area (Å²) >= 11 is 0. The van der Waals surface area contributed by atoms with Crippen molar-refractivity contribution in [3.8, 4) is 0 Å². The third-order valence-corrected chi connectivity index (χ3v) is 3.16. The molecule has 0 aromatic carbocycles. The minimum Gasteiger partial charge on any atom is -0.380 e. The van der Waals surface area contributed by atoms with Crippen LogP contribution in [-0.2, 0) is 14.3 Å². The summed E-state index contributed by atoms with van der Waals surface area (Å²) in [6.45, 7) is 10.4. The summed E-state index contributed by atoms with van der Waals surface area (Å²) in [5.74, 6) is 0.0603. The fourth-order valence-electron chi connectivity index (χ4n) is 1.67. The number of ether oxygens (including phenoxy) is 1. The number of carbonyl (C=O) groups excluding carboxylic acids is 2. The van der Waals surface area contributed by atoms with Crippen LogP contribution >= 0.6 is 0 Å². The van der Waals surface area contributed by atoms with Crippen molar-refractivity contribution in [3.05, 3.63) is 0 Å². The van der Waals surface area contributed by atoms with E-state index in [4.69, 9.17) is 4.74 Å². The lowest BCUT2D eigenvalue weighted by Crippen LogP contribution is -2.48. The van der Waals surface area contributed by atoms with E-state index < -0.39 is 0 Å². The van der Waals surface area contributed by atoms with Gasteiger partial charge in [-0.1, -0.05) is 27.7 Å². The Morgan fingerprint density at radius 2 is 1.84 bits per heavy atom. The first-order valence-electron chi connectivity index (χ1n) is 6.86. The molecule has 110 valence electrons. The van der Waals surface area contributed by atoms with Crippen LogP contribution in [0.1, 0.15) is 40.5 Å². The van der Waals surface area contributed by atoms with E-state index in [0.717, 1.165) is 13.2 Å². The highest BCUT2D eigenvalue weighted by Gasteiger charge is 2.33. The second kappa shape index (κ2) is 6.37. The van der Waals surface area contributed by atoms with E-state index >= 15 is 0 Å². The Hall–Kier alpha value is -1.10. The van der Waals surface area contributed by atoms with Crippen molar-refractivity contribution in [3.63, 3.8) is 0 Å². The molecule has 0 aromatic heterocycles. The van der Waals surface area contributed by atoms with Gasteiger partial charge in [0.15, 0.2) is 0 Å². The first-order valence-corrected chi connectivity index (χ1v) is 6.86. The molecule has 0 spiro atoms. The van der Waals surface area contributed by atoms with Gasteiger partial charge in [-0.05, 0) is 6.42 Å². The van der Waals surface area contributed by atoms with Gasteiger partial charge in [0.05, 0.1) is 13.2 Å². The minimum absolute atomic E-state index is 0.0204. The molecule has 19 heavy (non-hydrogen) atoms. The normalized spacial score (nSPS) is 17.5. The van der Waals surface area contributed by atoms with Gasteiger partial charge in [-0.25, -0.2) is 0 Å². The van der Waals surface area contributed by atoms with E-state index in [2.05, 4.69) is 17.6 Å². The van der Waals surface area contributed by atoms with Gasteiger partial charge in [-0.15, -0.1) is 0 Å². The lowest BCUT2D eigenvalue weighted by Gasteiger charge is -2.38. The van der Waals surface area contributed by atoms with Gasteiger partial charge < -0.3 is 15.4 Å². The van der Waals surface area contributed by atoms with E-state index in [9.17, 15) is 9.59 Å². The zero-order valence-electron chi connectivity index (χ0n) is 12.5. The number of rotatable bonds is 6. The van der Waals surface area contributed by atoms with E-state index in [1.165, 1.54) is 0 Å². The van der Waals surface area contributed by atoms with Crippen molar-refractivity contribution in [1.82, 2.24) is 10.6 Å². The van der Waals surface area contributed by atoms with Crippen molar-refractivity contribution >= 4 is 11.8 Å². The molecule has 5 nitrogen and oxygen atoms in total. The average molecular weight is 270 g/mol. The lowest BCUT2D eigenvalue weighted by atomic mass is 9.89. The smallest absolute Gasteiger partial charge is 0.225 e. The van der Waals surface area contributed by atoms with Gasteiger partial charge in [0, 0.05) is 30.3 Å². The molecule has 0 radical (unpaired) electrons. The fraction of sp³-hybridized carbons (Fsp3) is 0.857. The van der Waals surface area contributed by atoms with Crippen molar-refractivity contribution in [2.45, 2.75) is 40.5 Å². The Bertz CT molecular complexity index is 330. The van der Waals surface area contributed by atoms with Crippen LogP contribution in [0.25, 0.3) is 0 Å². The number of amides is 2. The Morgan fingerprint density at radius 1 is 1.21 bits per heavy atom. The van der Waals surface area contributed by atoms with Crippen LogP contribution in [0.3, 0.4) is 0 Å². The molecule has 5 heteroatoms. The van der Waals surface area contributed by atoms with Crippen LogP contribution in [0.15, 0.2) is 0 Å². The quantitative estimate of drug-likeness (QED) is 0.710. The second-order valence-corrected chi connectivity index (χ2v) is 6.69. The molecule has 1 saturated heterocycles. The monoisotopic (exact) mass is 270 g/mol. The molecule has 0 bridgehead atoms. The molecule has 1 aliphatic heterocycles. The Kier molecular flexibility index (Phi) is 5.35. The van der Waals surface area contributed by atoms with E-state index in [1.807, 2.05) is 20.8 Å². The molecule has 2 amide bonds. The molecule has 0 aliphatic carbocycles. The van der Waals surface area contributed by atoms with E-state index in [1.54, 1.807) is 0 Å². The predicted molar refractivity (Wildman–Crippen MR) is 73.6 cm³/mol. The van der Waals surface area contributed by atoms with Gasteiger partial charge in [0.2, 0.25) is 11.8 Å². The molecule has 0 unspecified atom stereocenters. The molecule has 2 N–H and O–H groups in total. The fourth-order valence-corrected chi connectivity index (χ4v) is 1.67. The molecule has 0 atom stereocenters. The molecule has 0 saturated carbocycles. The van der Waals surface area contributed by atoms with Crippen molar-refractivity contribution in [2.24, 2.45) is 10.8 Å². The van der Waals surface area contributed by atoms with E-state index in [-0.39, 0.29) is 22.6 Å². The standard InChI is InChI=1S/C14H26N2O3/c1-13(2,3)12(18)15-7-5-6-11(17)16-8-14(4)9-19-10-14/h5-10H2,1-4H3,(H,15,18)(H,16,17). The molecule has 0 aromatic rings. The summed E-state index contributed by atoms with van der Waals surface area (Å²) in [7, 11) is 0. The summed E-state index contributed by atoms with van der Waals surface area (Å²) in [4.78, 5) is 23.2. The maximum Gasteiger partial charge on any atom is 0.225 e. The SMILES string of the molecule is CC1(CNC(=O)CCCNC(=O)C(C)(C)C)COC1. The van der Waals surface area contributed by atoms with Gasteiger partial charge in [-0.2, -0.15) is 0 Å². The first-order chi connectivity index (χ1) is 8.73. The zero-order valence-corrected chi connectivity index (χ0v) is 12.5. The van der Waals surface area contributed by atoms with Crippen LogP contribution in [0.4, 0.5) is 0 Å². The summed E-state index contributed by atoms with van der Waals surface area (Å²) in [6, 6.07) is 0. The van der Waals surface area contributed by atoms with Gasteiger partial charge in [-0.3, -0.25) is 9.59 Å². The summed E-state index contributed by atoms with van der Waals surface area (Å²) in [5.41, 5.74) is -0.267. The maximum atomic E-state index is 11.6. The van der Waals surface area contributed by atoms with Crippen LogP contribution in [0, 0.1) is 10.8 Å². The highest BCUT2D eigenvalue weighted by molar-refractivity contribution is 5.81. The molecule has 1 fully saturated rings. The number of nitrogens with one attached hydrogen (secondary N) is 2. The number of carbonyl (C=O) groups is 2. The van der Waals surface area contributed by atoms with Crippen LogP contribution in [0.5, 0.6) is 0 Å². The van der Waals surface area contributed by atoms with Gasteiger partial charge in [0.25, 0.3) is 0 Å². The highest BCUT2D eigenvalue weighted by atomic mass is 16.5. The number of hydrogen-bond donors (Lipinski definition) is 2.